The van der Waals surface area contributed by atoms with Crippen LogP contribution in [-0.4, -0.2) is 30.7 Å². The Morgan fingerprint density at radius 1 is 1.25 bits per heavy atom. The molecule has 1 N–H and O–H groups in total. The lowest BCUT2D eigenvalue weighted by molar-refractivity contribution is -0.137. The minimum atomic E-state index is -3.69. The van der Waals surface area contributed by atoms with E-state index in [2.05, 4.69) is 20.4 Å². The molecule has 0 saturated carbocycles. The topological polar surface area (TPSA) is 82.1 Å². The number of ether oxygens (including phenoxy) is 1. The lowest BCUT2D eigenvalue weighted by Crippen LogP contribution is -1.97. The van der Waals surface area contributed by atoms with Crippen LogP contribution >= 0.6 is 7.82 Å². The Morgan fingerprint density at radius 2 is 1.69 bits per heavy atom. The summed E-state index contributed by atoms with van der Waals surface area (Å²) in [5, 5.41) is 0. The van der Waals surface area contributed by atoms with Crippen LogP contribution in [-0.2, 0) is 23.1 Å². The van der Waals surface area contributed by atoms with Crippen LogP contribution in [0.1, 0.15) is 20.8 Å². The van der Waals surface area contributed by atoms with Gasteiger partial charge in [-0.25, -0.2) is 9.36 Å². The first-order valence-electron chi connectivity index (χ1n) is 4.84. The van der Waals surface area contributed by atoms with Crippen molar-refractivity contribution in [1.82, 2.24) is 0 Å². The highest BCUT2D eigenvalue weighted by molar-refractivity contribution is 7.47. The van der Waals surface area contributed by atoms with E-state index in [0.29, 0.717) is 6.61 Å². The summed E-state index contributed by atoms with van der Waals surface area (Å²) in [4.78, 5) is 18.7. The molecule has 0 bridgehead atoms. The molecular formula is C9H19O6P. The van der Waals surface area contributed by atoms with Gasteiger partial charge in [-0.1, -0.05) is 6.58 Å². The second kappa shape index (κ2) is 10.8. The molecule has 96 valence electrons. The molecule has 0 aromatic rings. The molecule has 0 heterocycles. The monoisotopic (exact) mass is 254 g/mol. The normalized spacial score (nSPS) is 10.0. The highest BCUT2D eigenvalue weighted by Crippen LogP contribution is 2.42. The minimum Gasteiger partial charge on any atom is -0.463 e. The van der Waals surface area contributed by atoms with Gasteiger partial charge in [0.05, 0.1) is 19.8 Å². The largest absolute Gasteiger partial charge is 0.472 e. The molecule has 0 fully saturated rings. The standard InChI is InChI=1S/C5H8O2.C4H11O4P/c1-3-5(6)7-4-2;1-3-7-9(5,6)8-4-2/h3H,1,4H2,2H3;3-4H2,1-2H3,(H,5,6). The van der Waals surface area contributed by atoms with E-state index in [9.17, 15) is 9.36 Å². The summed E-state index contributed by atoms with van der Waals surface area (Å²) in [6, 6.07) is 0. The minimum absolute atomic E-state index is 0.188. The summed E-state index contributed by atoms with van der Waals surface area (Å²) in [6.07, 6.45) is 1.14. The van der Waals surface area contributed by atoms with E-state index in [1.807, 2.05) is 0 Å². The van der Waals surface area contributed by atoms with Crippen molar-refractivity contribution in [2.45, 2.75) is 20.8 Å². The highest BCUT2D eigenvalue weighted by Gasteiger charge is 2.17. The number of hydrogen-bond donors (Lipinski definition) is 1. The van der Waals surface area contributed by atoms with Crippen LogP contribution in [0.15, 0.2) is 12.7 Å². The first kappa shape index (κ1) is 17.7. The third-order valence-electron chi connectivity index (χ3n) is 1.04. The smallest absolute Gasteiger partial charge is 0.463 e. The Morgan fingerprint density at radius 3 is 1.88 bits per heavy atom. The lowest BCUT2D eigenvalue weighted by atomic mass is 10.6. The Bertz CT molecular complexity index is 230. The quantitative estimate of drug-likeness (QED) is 0.443. The van der Waals surface area contributed by atoms with Crippen molar-refractivity contribution >= 4 is 13.8 Å². The Kier molecular flexibility index (Phi) is 12.0. The van der Waals surface area contributed by atoms with Crippen molar-refractivity contribution < 1.29 is 28.0 Å². The van der Waals surface area contributed by atoms with Crippen molar-refractivity contribution in [3.8, 4) is 0 Å². The van der Waals surface area contributed by atoms with Crippen LogP contribution < -0.4 is 0 Å². The predicted molar refractivity (Wildman–Crippen MR) is 59.9 cm³/mol. The molecule has 0 aliphatic carbocycles. The second-order valence-electron chi connectivity index (χ2n) is 2.26. The van der Waals surface area contributed by atoms with E-state index in [0.717, 1.165) is 6.08 Å². The fourth-order valence-corrected chi connectivity index (χ4v) is 1.29. The molecule has 0 saturated heterocycles. The first-order chi connectivity index (χ1) is 7.43. The third-order valence-corrected chi connectivity index (χ3v) is 2.21. The number of rotatable bonds is 6. The molecule has 0 aromatic heterocycles. The van der Waals surface area contributed by atoms with Crippen LogP contribution in [0.3, 0.4) is 0 Å². The molecule has 0 spiro atoms. The van der Waals surface area contributed by atoms with Crippen LogP contribution in [0.2, 0.25) is 0 Å². The van der Waals surface area contributed by atoms with Crippen LogP contribution in [0.25, 0.3) is 0 Å². The summed E-state index contributed by atoms with van der Waals surface area (Å²) in [5.41, 5.74) is 0. The van der Waals surface area contributed by atoms with Gasteiger partial charge in [0.15, 0.2) is 0 Å². The van der Waals surface area contributed by atoms with Gasteiger partial charge < -0.3 is 9.63 Å². The highest BCUT2D eigenvalue weighted by atomic mass is 31.2. The Balaban J connectivity index is 0. The Labute approximate surface area is 95.8 Å². The van der Waals surface area contributed by atoms with E-state index < -0.39 is 7.82 Å². The van der Waals surface area contributed by atoms with E-state index in [1.54, 1.807) is 20.8 Å². The average molecular weight is 254 g/mol. The molecule has 0 aromatic carbocycles. The number of phosphoric acid groups is 1. The van der Waals surface area contributed by atoms with Gasteiger partial charge in [-0.05, 0) is 20.8 Å². The molecule has 0 unspecified atom stereocenters. The fraction of sp³-hybridized carbons (Fsp3) is 0.667. The van der Waals surface area contributed by atoms with Gasteiger partial charge in [0.1, 0.15) is 0 Å². The maximum absolute atomic E-state index is 10.5. The summed E-state index contributed by atoms with van der Waals surface area (Å²) >= 11 is 0. The zero-order chi connectivity index (χ0) is 13.0. The summed E-state index contributed by atoms with van der Waals surface area (Å²) in [7, 11) is -3.69. The van der Waals surface area contributed by atoms with Crippen molar-refractivity contribution in [2.24, 2.45) is 0 Å². The maximum Gasteiger partial charge on any atom is 0.472 e. The lowest BCUT2D eigenvalue weighted by Gasteiger charge is -2.07. The van der Waals surface area contributed by atoms with Crippen molar-refractivity contribution in [2.75, 3.05) is 19.8 Å². The number of phosphoric ester groups is 1. The molecule has 7 heteroatoms. The van der Waals surface area contributed by atoms with Gasteiger partial charge in [0, 0.05) is 6.08 Å². The zero-order valence-electron chi connectivity index (χ0n) is 9.84. The molecule has 0 rings (SSSR count). The molecule has 0 radical (unpaired) electrons. The van der Waals surface area contributed by atoms with Gasteiger partial charge in [-0.3, -0.25) is 9.05 Å². The maximum atomic E-state index is 10.5. The number of hydrogen-bond acceptors (Lipinski definition) is 5. The van der Waals surface area contributed by atoms with Crippen molar-refractivity contribution in [3.05, 3.63) is 12.7 Å². The van der Waals surface area contributed by atoms with Gasteiger partial charge in [0.25, 0.3) is 0 Å². The average Bonchev–Trinajstić information content (AvgIpc) is 2.18. The number of carbonyl (C=O) groups is 1. The van der Waals surface area contributed by atoms with E-state index in [1.165, 1.54) is 0 Å². The van der Waals surface area contributed by atoms with Crippen LogP contribution in [0, 0.1) is 0 Å². The summed E-state index contributed by atoms with van der Waals surface area (Å²) < 4.78 is 23.7. The number of esters is 1. The molecule has 0 atom stereocenters. The van der Waals surface area contributed by atoms with Crippen LogP contribution in [0.4, 0.5) is 0 Å². The van der Waals surface area contributed by atoms with Gasteiger partial charge in [-0.2, -0.15) is 0 Å². The van der Waals surface area contributed by atoms with Crippen molar-refractivity contribution in [1.29, 1.82) is 0 Å². The first-order valence-corrected chi connectivity index (χ1v) is 6.34. The molecule has 0 aliphatic heterocycles. The van der Waals surface area contributed by atoms with E-state index in [-0.39, 0.29) is 19.2 Å². The molecule has 6 nitrogen and oxygen atoms in total. The molecule has 16 heavy (non-hydrogen) atoms. The van der Waals surface area contributed by atoms with E-state index in [4.69, 9.17) is 4.89 Å². The van der Waals surface area contributed by atoms with E-state index >= 15 is 0 Å². The SMILES string of the molecule is C=CC(=O)OCC.CCOP(=O)(O)OCC. The van der Waals surface area contributed by atoms with Crippen molar-refractivity contribution in [3.63, 3.8) is 0 Å². The Hall–Kier alpha value is -0.680. The van der Waals surface area contributed by atoms with Gasteiger partial charge in [-0.15, -0.1) is 0 Å². The fourth-order valence-electron chi connectivity index (χ4n) is 0.565. The van der Waals surface area contributed by atoms with Gasteiger partial charge in [0.2, 0.25) is 0 Å². The third kappa shape index (κ3) is 13.3. The summed E-state index contributed by atoms with van der Waals surface area (Å²) in [6.45, 7) is 9.01. The molecule has 0 aliphatic rings. The van der Waals surface area contributed by atoms with Crippen LogP contribution in [0.5, 0.6) is 0 Å². The summed E-state index contributed by atoms with van der Waals surface area (Å²) in [5.74, 6) is -0.359. The molecule has 0 amide bonds. The second-order valence-corrected chi connectivity index (χ2v) is 3.71. The van der Waals surface area contributed by atoms with Gasteiger partial charge >= 0.3 is 13.8 Å². The number of carbonyl (C=O) groups excluding carboxylic acids is 1. The molecular weight excluding hydrogens is 235 g/mol. The zero-order valence-corrected chi connectivity index (χ0v) is 10.7. The predicted octanol–water partition coefficient (Wildman–Crippen LogP) is 1.90.